The molecule has 2 rings (SSSR count). The zero-order valence-corrected chi connectivity index (χ0v) is 13.5. The SMILES string of the molecule is CCNCc1c(F)cccc1Oc1cc(Cl)c(Cl)cc1Cl. The lowest BCUT2D eigenvalue weighted by molar-refractivity contribution is 0.463. The molecule has 0 heterocycles. The van der Waals surface area contributed by atoms with Crippen LogP contribution in [0.15, 0.2) is 30.3 Å². The molecule has 0 atom stereocenters. The van der Waals surface area contributed by atoms with Crippen molar-refractivity contribution in [2.24, 2.45) is 0 Å². The molecule has 0 unspecified atom stereocenters. The van der Waals surface area contributed by atoms with Gasteiger partial charge in [0.15, 0.2) is 0 Å². The molecule has 0 fully saturated rings. The quantitative estimate of drug-likeness (QED) is 0.701. The average Bonchev–Trinajstić information content (AvgIpc) is 2.44. The summed E-state index contributed by atoms with van der Waals surface area (Å²) in [5.74, 6) is 0.371. The summed E-state index contributed by atoms with van der Waals surface area (Å²) in [5.41, 5.74) is 0.432. The highest BCUT2D eigenvalue weighted by molar-refractivity contribution is 6.43. The van der Waals surface area contributed by atoms with Crippen LogP contribution in [0.1, 0.15) is 12.5 Å². The van der Waals surface area contributed by atoms with Crippen molar-refractivity contribution in [2.75, 3.05) is 6.54 Å². The molecule has 0 aromatic heterocycles. The van der Waals surface area contributed by atoms with E-state index in [1.807, 2.05) is 6.92 Å². The molecule has 21 heavy (non-hydrogen) atoms. The highest BCUT2D eigenvalue weighted by Crippen LogP contribution is 2.37. The van der Waals surface area contributed by atoms with Crippen LogP contribution in [0.3, 0.4) is 0 Å². The van der Waals surface area contributed by atoms with Gasteiger partial charge in [0.25, 0.3) is 0 Å². The second kappa shape index (κ2) is 7.32. The zero-order valence-electron chi connectivity index (χ0n) is 11.2. The van der Waals surface area contributed by atoms with Crippen LogP contribution < -0.4 is 10.1 Å². The van der Waals surface area contributed by atoms with Crippen LogP contribution in [0.2, 0.25) is 15.1 Å². The van der Waals surface area contributed by atoms with Gasteiger partial charge in [-0.3, -0.25) is 0 Å². The van der Waals surface area contributed by atoms with Gasteiger partial charge in [-0.1, -0.05) is 47.8 Å². The lowest BCUT2D eigenvalue weighted by Gasteiger charge is -2.14. The summed E-state index contributed by atoms with van der Waals surface area (Å²) in [4.78, 5) is 0. The van der Waals surface area contributed by atoms with Crippen molar-refractivity contribution >= 4 is 34.8 Å². The van der Waals surface area contributed by atoms with Gasteiger partial charge in [-0.25, -0.2) is 4.39 Å². The van der Waals surface area contributed by atoms with Crippen molar-refractivity contribution < 1.29 is 9.13 Å². The number of halogens is 4. The normalized spacial score (nSPS) is 10.7. The summed E-state index contributed by atoms with van der Waals surface area (Å²) < 4.78 is 19.6. The minimum atomic E-state index is -0.343. The van der Waals surface area contributed by atoms with Crippen LogP contribution in [0.4, 0.5) is 4.39 Å². The molecule has 0 aliphatic carbocycles. The third-order valence-electron chi connectivity index (χ3n) is 2.82. The first kappa shape index (κ1) is 16.4. The molecule has 0 radical (unpaired) electrons. The van der Waals surface area contributed by atoms with Gasteiger partial charge in [-0.2, -0.15) is 0 Å². The molecule has 1 N–H and O–H groups in total. The fraction of sp³-hybridized carbons (Fsp3) is 0.200. The van der Waals surface area contributed by atoms with Crippen LogP contribution in [-0.4, -0.2) is 6.54 Å². The minimum Gasteiger partial charge on any atom is -0.455 e. The van der Waals surface area contributed by atoms with Crippen molar-refractivity contribution in [3.63, 3.8) is 0 Å². The van der Waals surface area contributed by atoms with Crippen molar-refractivity contribution in [3.05, 3.63) is 56.8 Å². The number of benzene rings is 2. The van der Waals surface area contributed by atoms with Crippen molar-refractivity contribution in [1.29, 1.82) is 0 Å². The van der Waals surface area contributed by atoms with E-state index in [4.69, 9.17) is 39.5 Å². The zero-order chi connectivity index (χ0) is 15.4. The molecule has 0 aliphatic heterocycles. The van der Waals surface area contributed by atoms with Gasteiger partial charge in [0, 0.05) is 18.2 Å². The first-order valence-corrected chi connectivity index (χ1v) is 7.46. The van der Waals surface area contributed by atoms with Gasteiger partial charge in [0.1, 0.15) is 17.3 Å². The third-order valence-corrected chi connectivity index (χ3v) is 3.84. The van der Waals surface area contributed by atoms with Gasteiger partial charge in [-0.05, 0) is 24.7 Å². The summed E-state index contributed by atoms with van der Waals surface area (Å²) >= 11 is 17.9. The van der Waals surface area contributed by atoms with E-state index in [0.29, 0.717) is 38.7 Å². The van der Waals surface area contributed by atoms with E-state index in [1.165, 1.54) is 18.2 Å². The van der Waals surface area contributed by atoms with Gasteiger partial charge in [0.05, 0.1) is 15.1 Å². The van der Waals surface area contributed by atoms with Crippen molar-refractivity contribution in [1.82, 2.24) is 5.32 Å². The maximum absolute atomic E-state index is 13.9. The molecule has 0 saturated heterocycles. The Kier molecular flexibility index (Phi) is 5.71. The fourth-order valence-corrected chi connectivity index (χ4v) is 2.33. The van der Waals surface area contributed by atoms with E-state index in [9.17, 15) is 4.39 Å². The molecular formula is C15H13Cl3FNO. The van der Waals surface area contributed by atoms with Gasteiger partial charge in [0.2, 0.25) is 0 Å². The number of hydrogen-bond acceptors (Lipinski definition) is 2. The highest BCUT2D eigenvalue weighted by Gasteiger charge is 2.13. The Hall–Kier alpha value is -1.000. The molecule has 112 valence electrons. The lowest BCUT2D eigenvalue weighted by Crippen LogP contribution is -2.13. The second-order valence-corrected chi connectivity index (χ2v) is 5.52. The van der Waals surface area contributed by atoms with Gasteiger partial charge >= 0.3 is 0 Å². The lowest BCUT2D eigenvalue weighted by atomic mass is 10.2. The van der Waals surface area contributed by atoms with Crippen LogP contribution in [0.5, 0.6) is 11.5 Å². The molecule has 0 aliphatic rings. The van der Waals surface area contributed by atoms with Gasteiger partial charge < -0.3 is 10.1 Å². The monoisotopic (exact) mass is 347 g/mol. The van der Waals surface area contributed by atoms with Crippen LogP contribution in [0.25, 0.3) is 0 Å². The molecule has 2 nitrogen and oxygen atoms in total. The Morgan fingerprint density at radius 3 is 2.48 bits per heavy atom. The smallest absolute Gasteiger partial charge is 0.147 e. The third kappa shape index (κ3) is 4.01. The molecule has 2 aromatic carbocycles. The van der Waals surface area contributed by atoms with E-state index >= 15 is 0 Å². The Bertz CT molecular complexity index is 649. The van der Waals surface area contributed by atoms with Gasteiger partial charge in [-0.15, -0.1) is 0 Å². The topological polar surface area (TPSA) is 21.3 Å². The number of hydrogen-bond donors (Lipinski definition) is 1. The van der Waals surface area contributed by atoms with E-state index in [0.717, 1.165) is 6.54 Å². The minimum absolute atomic E-state index is 0.308. The number of rotatable bonds is 5. The largest absolute Gasteiger partial charge is 0.455 e. The maximum Gasteiger partial charge on any atom is 0.147 e. The standard InChI is InChI=1S/C15H13Cl3FNO/c1-2-20-8-9-13(19)4-3-5-14(9)21-15-7-11(17)10(16)6-12(15)18/h3-7,20H,2,8H2,1H3. The van der Waals surface area contributed by atoms with E-state index in [1.54, 1.807) is 12.1 Å². The van der Waals surface area contributed by atoms with Crippen molar-refractivity contribution in [2.45, 2.75) is 13.5 Å². The molecule has 0 bridgehead atoms. The van der Waals surface area contributed by atoms with Crippen LogP contribution in [0, 0.1) is 5.82 Å². The highest BCUT2D eigenvalue weighted by atomic mass is 35.5. The summed E-state index contributed by atoms with van der Waals surface area (Å²) in [6.45, 7) is 3.02. The Morgan fingerprint density at radius 1 is 1.05 bits per heavy atom. The van der Waals surface area contributed by atoms with Crippen LogP contribution >= 0.6 is 34.8 Å². The number of ether oxygens (including phenoxy) is 1. The molecular weight excluding hydrogens is 336 g/mol. The van der Waals surface area contributed by atoms with Crippen LogP contribution in [-0.2, 0) is 6.54 Å². The molecule has 2 aromatic rings. The molecule has 0 amide bonds. The Labute approximate surface area is 137 Å². The van der Waals surface area contributed by atoms with E-state index < -0.39 is 0 Å². The summed E-state index contributed by atoms with van der Waals surface area (Å²) in [6, 6.07) is 7.63. The number of nitrogens with one attached hydrogen (secondary N) is 1. The summed E-state index contributed by atoms with van der Waals surface area (Å²) in [7, 11) is 0. The first-order valence-electron chi connectivity index (χ1n) is 6.33. The Morgan fingerprint density at radius 2 is 1.76 bits per heavy atom. The first-order chi connectivity index (χ1) is 10.0. The summed E-state index contributed by atoms with van der Waals surface area (Å²) in [6.07, 6.45) is 0. The fourth-order valence-electron chi connectivity index (χ4n) is 1.76. The van der Waals surface area contributed by atoms with Crippen molar-refractivity contribution in [3.8, 4) is 11.5 Å². The van der Waals surface area contributed by atoms with E-state index in [-0.39, 0.29) is 5.82 Å². The molecule has 6 heteroatoms. The predicted molar refractivity (Wildman–Crippen MR) is 85.3 cm³/mol. The maximum atomic E-state index is 13.9. The second-order valence-electron chi connectivity index (χ2n) is 4.30. The predicted octanol–water partition coefficient (Wildman–Crippen LogP) is 5.69. The summed E-state index contributed by atoms with van der Waals surface area (Å²) in [5, 5.41) is 4.03. The Balaban J connectivity index is 2.35. The van der Waals surface area contributed by atoms with E-state index in [2.05, 4.69) is 5.32 Å². The molecule has 0 saturated carbocycles. The molecule has 0 spiro atoms. The average molecular weight is 349 g/mol.